The van der Waals surface area contributed by atoms with Gasteiger partial charge in [-0.05, 0) is 47.9 Å². The van der Waals surface area contributed by atoms with Crippen molar-refractivity contribution in [2.75, 3.05) is 0 Å². The minimum absolute atomic E-state index is 0.0259. The second-order valence-corrected chi connectivity index (χ2v) is 11.2. The lowest BCUT2D eigenvalue weighted by Crippen LogP contribution is -2.17. The Morgan fingerprint density at radius 3 is 1.24 bits per heavy atom. The van der Waals surface area contributed by atoms with Crippen LogP contribution in [-0.4, -0.2) is 14.8 Å². The highest BCUT2D eigenvalue weighted by atomic mass is 15.3. The number of rotatable bonds is 3. The third-order valence-corrected chi connectivity index (χ3v) is 6.19. The first kappa shape index (κ1) is 23.0. The van der Waals surface area contributed by atoms with Crippen molar-refractivity contribution in [3.05, 3.63) is 89.0 Å². The summed E-state index contributed by atoms with van der Waals surface area (Å²) in [5.41, 5.74) is 8.35. The van der Waals surface area contributed by atoms with E-state index in [1.807, 2.05) is 0 Å². The highest BCUT2D eigenvalue weighted by Crippen LogP contribution is 2.35. The quantitative estimate of drug-likeness (QED) is 0.327. The molecule has 0 amide bonds. The van der Waals surface area contributed by atoms with Crippen molar-refractivity contribution in [1.29, 1.82) is 0 Å². The van der Waals surface area contributed by atoms with Crippen LogP contribution < -0.4 is 0 Å². The van der Waals surface area contributed by atoms with Crippen LogP contribution in [0, 0.1) is 13.8 Å². The van der Waals surface area contributed by atoms with Gasteiger partial charge in [0, 0.05) is 16.8 Å². The molecule has 3 nitrogen and oxygen atoms in total. The van der Waals surface area contributed by atoms with Crippen LogP contribution in [0.2, 0.25) is 0 Å². The molecule has 0 fully saturated rings. The van der Waals surface area contributed by atoms with E-state index in [1.165, 1.54) is 22.3 Å². The molecule has 0 aliphatic carbocycles. The van der Waals surface area contributed by atoms with Crippen LogP contribution in [0.15, 0.2) is 66.7 Å². The van der Waals surface area contributed by atoms with Crippen molar-refractivity contribution < 1.29 is 0 Å². The van der Waals surface area contributed by atoms with Gasteiger partial charge in [-0.1, -0.05) is 107 Å². The second-order valence-electron chi connectivity index (χ2n) is 11.2. The Kier molecular flexibility index (Phi) is 5.78. The van der Waals surface area contributed by atoms with E-state index in [0.717, 1.165) is 28.5 Å². The lowest BCUT2D eigenvalue weighted by atomic mass is 9.80. The number of nitrogens with zero attached hydrogens (tertiary/aromatic N) is 3. The molecule has 0 radical (unpaired) electrons. The third-order valence-electron chi connectivity index (χ3n) is 6.19. The summed E-state index contributed by atoms with van der Waals surface area (Å²) in [6.45, 7) is 17.8. The first-order valence-corrected chi connectivity index (χ1v) is 11.7. The molecule has 0 saturated carbocycles. The first-order chi connectivity index (χ1) is 15.4. The van der Waals surface area contributed by atoms with Crippen molar-refractivity contribution in [3.63, 3.8) is 0 Å². The highest BCUT2D eigenvalue weighted by molar-refractivity contribution is 5.67. The lowest BCUT2D eigenvalue weighted by molar-refractivity contribution is 0.568. The van der Waals surface area contributed by atoms with Crippen LogP contribution in [0.4, 0.5) is 0 Å². The van der Waals surface area contributed by atoms with E-state index in [-0.39, 0.29) is 10.8 Å². The maximum absolute atomic E-state index is 4.69. The van der Waals surface area contributed by atoms with Crippen molar-refractivity contribution in [1.82, 2.24) is 14.8 Å². The molecule has 1 heterocycles. The van der Waals surface area contributed by atoms with Gasteiger partial charge >= 0.3 is 0 Å². The average molecular weight is 438 g/mol. The molecule has 0 spiro atoms. The van der Waals surface area contributed by atoms with Crippen molar-refractivity contribution in [3.8, 4) is 28.5 Å². The summed E-state index contributed by atoms with van der Waals surface area (Å²) in [6, 6.07) is 24.0. The topological polar surface area (TPSA) is 30.7 Å². The number of aromatic nitrogens is 3. The normalized spacial score (nSPS) is 12.2. The van der Waals surface area contributed by atoms with Crippen LogP contribution in [0.25, 0.3) is 28.5 Å². The first-order valence-electron chi connectivity index (χ1n) is 11.7. The molecule has 170 valence electrons. The molecular formula is C30H35N3. The van der Waals surface area contributed by atoms with E-state index in [2.05, 4.69) is 137 Å². The fourth-order valence-electron chi connectivity index (χ4n) is 3.91. The summed E-state index contributed by atoms with van der Waals surface area (Å²) in [4.78, 5) is 0. The summed E-state index contributed by atoms with van der Waals surface area (Å²) >= 11 is 0. The van der Waals surface area contributed by atoms with Gasteiger partial charge in [0.1, 0.15) is 0 Å². The molecule has 3 aromatic carbocycles. The van der Waals surface area contributed by atoms with Gasteiger partial charge in [-0.25, -0.2) is 0 Å². The number of hydrogen-bond acceptors (Lipinski definition) is 2. The van der Waals surface area contributed by atoms with Gasteiger partial charge in [0.2, 0.25) is 0 Å². The molecule has 0 aliphatic rings. The van der Waals surface area contributed by atoms with Crippen molar-refractivity contribution >= 4 is 0 Å². The maximum atomic E-state index is 4.69. The third kappa shape index (κ3) is 4.78. The number of benzene rings is 3. The van der Waals surface area contributed by atoms with E-state index < -0.39 is 0 Å². The molecule has 0 saturated heterocycles. The predicted octanol–water partition coefficient (Wildman–Crippen LogP) is 7.81. The van der Waals surface area contributed by atoms with Gasteiger partial charge in [0.15, 0.2) is 11.6 Å². The SMILES string of the molecule is Cc1ccc(-c2nnc(-c3ccc(C)cc3)n2-c2cc(C(C)(C)C)cc(C(C)(C)C)c2)cc1. The smallest absolute Gasteiger partial charge is 0.168 e. The molecule has 1 aromatic heterocycles. The zero-order valence-corrected chi connectivity index (χ0v) is 21.2. The van der Waals surface area contributed by atoms with Crippen LogP contribution in [0.5, 0.6) is 0 Å². The standard InChI is InChI=1S/C30H35N3/c1-20-9-13-22(14-10-20)27-31-32-28(23-15-11-21(2)12-16-23)33(27)26-18-24(29(3,4)5)17-25(19-26)30(6,7)8/h9-19H,1-8H3. The summed E-state index contributed by atoms with van der Waals surface area (Å²) in [5.74, 6) is 1.72. The minimum atomic E-state index is 0.0259. The van der Waals surface area contributed by atoms with Crippen LogP contribution >= 0.6 is 0 Å². The van der Waals surface area contributed by atoms with Gasteiger partial charge in [-0.15, -0.1) is 10.2 Å². The van der Waals surface area contributed by atoms with E-state index in [9.17, 15) is 0 Å². The Hall–Kier alpha value is -3.20. The molecule has 0 N–H and O–H groups in total. The Morgan fingerprint density at radius 2 is 0.909 bits per heavy atom. The van der Waals surface area contributed by atoms with Crippen LogP contribution in [0.1, 0.15) is 63.8 Å². The number of aryl methyl sites for hydroxylation is 2. The highest BCUT2D eigenvalue weighted by Gasteiger charge is 2.24. The van der Waals surface area contributed by atoms with E-state index in [0.29, 0.717) is 0 Å². The molecule has 0 atom stereocenters. The molecule has 0 aliphatic heterocycles. The van der Waals surface area contributed by atoms with Gasteiger partial charge in [-0.2, -0.15) is 0 Å². The fraction of sp³-hybridized carbons (Fsp3) is 0.333. The Labute approximate surface area is 198 Å². The van der Waals surface area contributed by atoms with E-state index in [4.69, 9.17) is 0 Å². The zero-order valence-electron chi connectivity index (χ0n) is 21.2. The summed E-state index contributed by atoms with van der Waals surface area (Å²) in [6.07, 6.45) is 0. The van der Waals surface area contributed by atoms with E-state index in [1.54, 1.807) is 0 Å². The van der Waals surface area contributed by atoms with Crippen LogP contribution in [0.3, 0.4) is 0 Å². The van der Waals surface area contributed by atoms with Gasteiger partial charge < -0.3 is 0 Å². The Balaban J connectivity index is 2.03. The molecule has 4 aromatic rings. The molecule has 0 bridgehead atoms. The fourth-order valence-corrected chi connectivity index (χ4v) is 3.91. The second kappa shape index (κ2) is 8.30. The van der Waals surface area contributed by atoms with Gasteiger partial charge in [-0.3, -0.25) is 4.57 Å². The van der Waals surface area contributed by atoms with Crippen LogP contribution in [-0.2, 0) is 10.8 Å². The molecule has 4 rings (SSSR count). The van der Waals surface area contributed by atoms with Crippen molar-refractivity contribution in [2.24, 2.45) is 0 Å². The van der Waals surface area contributed by atoms with Crippen molar-refractivity contribution in [2.45, 2.75) is 66.2 Å². The summed E-state index contributed by atoms with van der Waals surface area (Å²) < 4.78 is 2.22. The minimum Gasteiger partial charge on any atom is -0.275 e. The number of hydrogen-bond donors (Lipinski definition) is 0. The van der Waals surface area contributed by atoms with Gasteiger partial charge in [0.25, 0.3) is 0 Å². The Bertz CT molecular complexity index is 1170. The maximum Gasteiger partial charge on any atom is 0.168 e. The molecular weight excluding hydrogens is 402 g/mol. The zero-order chi connectivity index (χ0) is 24.0. The van der Waals surface area contributed by atoms with E-state index >= 15 is 0 Å². The Morgan fingerprint density at radius 1 is 0.545 bits per heavy atom. The monoisotopic (exact) mass is 437 g/mol. The average Bonchev–Trinajstić information content (AvgIpc) is 3.18. The molecule has 0 unspecified atom stereocenters. The molecule has 3 heteroatoms. The predicted molar refractivity (Wildman–Crippen MR) is 139 cm³/mol. The van der Waals surface area contributed by atoms with Gasteiger partial charge in [0.05, 0.1) is 0 Å². The largest absolute Gasteiger partial charge is 0.275 e. The lowest BCUT2D eigenvalue weighted by Gasteiger charge is -2.27. The summed E-state index contributed by atoms with van der Waals surface area (Å²) in [7, 11) is 0. The summed E-state index contributed by atoms with van der Waals surface area (Å²) in [5, 5.41) is 9.38. The molecule has 33 heavy (non-hydrogen) atoms.